The summed E-state index contributed by atoms with van der Waals surface area (Å²) in [6.45, 7) is 2.23. The first-order valence-corrected chi connectivity index (χ1v) is 4.08. The average molecular weight is 169 g/mol. The van der Waals surface area contributed by atoms with Gasteiger partial charge in [-0.15, -0.1) is 0 Å². The molecule has 2 N–H and O–H groups in total. The molecule has 0 aromatic carbocycles. The first-order chi connectivity index (χ1) is 5.74. The van der Waals surface area contributed by atoms with E-state index in [2.05, 4.69) is 10.3 Å². The molecule has 1 aromatic rings. The maximum absolute atomic E-state index is 8.67. The number of aliphatic hydroxyl groups excluding tert-OH is 1. The van der Waals surface area contributed by atoms with Gasteiger partial charge >= 0.3 is 0 Å². The van der Waals surface area contributed by atoms with Gasteiger partial charge in [0.05, 0.1) is 0 Å². The molecule has 1 atom stereocenters. The molecule has 0 amide bonds. The summed E-state index contributed by atoms with van der Waals surface area (Å²) in [5.41, 5.74) is 0. The van der Waals surface area contributed by atoms with E-state index in [1.165, 1.54) is 0 Å². The van der Waals surface area contributed by atoms with Crippen molar-refractivity contribution in [1.82, 2.24) is 9.55 Å². The number of nitrogens with one attached hydrogen (secondary N) is 1. The zero-order valence-electron chi connectivity index (χ0n) is 7.49. The van der Waals surface area contributed by atoms with Crippen molar-refractivity contribution in [1.29, 1.82) is 0 Å². The Morgan fingerprint density at radius 1 is 1.75 bits per heavy atom. The third-order valence-electron chi connectivity index (χ3n) is 1.76. The number of hydrogen-bond acceptors (Lipinski definition) is 3. The van der Waals surface area contributed by atoms with E-state index >= 15 is 0 Å². The molecule has 0 aliphatic heterocycles. The number of nitrogens with zero attached hydrogens (tertiary/aromatic N) is 2. The standard InChI is InChI=1S/C8H15N3O/c1-7(3-6-12)10-8-9-4-5-11(8)2/h4-5,7,12H,3,6H2,1-2H3,(H,9,10). The molecule has 0 saturated carbocycles. The lowest BCUT2D eigenvalue weighted by Crippen LogP contribution is -2.18. The van der Waals surface area contributed by atoms with Gasteiger partial charge in [0.1, 0.15) is 0 Å². The molecule has 1 unspecified atom stereocenters. The fraction of sp³-hybridized carbons (Fsp3) is 0.625. The van der Waals surface area contributed by atoms with Crippen molar-refractivity contribution in [3.8, 4) is 0 Å². The minimum Gasteiger partial charge on any atom is -0.396 e. The van der Waals surface area contributed by atoms with E-state index in [4.69, 9.17) is 5.11 Å². The van der Waals surface area contributed by atoms with Gasteiger partial charge in [0.25, 0.3) is 0 Å². The van der Waals surface area contributed by atoms with E-state index in [9.17, 15) is 0 Å². The highest BCUT2D eigenvalue weighted by atomic mass is 16.3. The van der Waals surface area contributed by atoms with E-state index in [0.717, 1.165) is 12.4 Å². The Hall–Kier alpha value is -1.03. The van der Waals surface area contributed by atoms with Crippen molar-refractivity contribution in [3.05, 3.63) is 12.4 Å². The molecular weight excluding hydrogens is 154 g/mol. The number of hydrogen-bond donors (Lipinski definition) is 2. The number of aromatic nitrogens is 2. The van der Waals surface area contributed by atoms with Crippen LogP contribution in [0.5, 0.6) is 0 Å². The largest absolute Gasteiger partial charge is 0.396 e. The van der Waals surface area contributed by atoms with E-state index in [1.54, 1.807) is 6.20 Å². The molecule has 1 heterocycles. The van der Waals surface area contributed by atoms with Crippen LogP contribution in [0.25, 0.3) is 0 Å². The lowest BCUT2D eigenvalue weighted by atomic mass is 10.2. The van der Waals surface area contributed by atoms with Gasteiger partial charge in [0, 0.05) is 32.1 Å². The highest BCUT2D eigenvalue weighted by Gasteiger charge is 2.03. The highest BCUT2D eigenvalue weighted by Crippen LogP contribution is 2.04. The summed E-state index contributed by atoms with van der Waals surface area (Å²) in [5.74, 6) is 0.843. The molecule has 4 heteroatoms. The van der Waals surface area contributed by atoms with Crippen molar-refractivity contribution in [2.24, 2.45) is 7.05 Å². The van der Waals surface area contributed by atoms with Gasteiger partial charge in [0.15, 0.2) is 0 Å². The highest BCUT2D eigenvalue weighted by molar-refractivity contribution is 5.26. The SMILES string of the molecule is CC(CCO)Nc1nccn1C. The van der Waals surface area contributed by atoms with Crippen molar-refractivity contribution in [2.75, 3.05) is 11.9 Å². The van der Waals surface area contributed by atoms with E-state index in [0.29, 0.717) is 0 Å². The van der Waals surface area contributed by atoms with Crippen LogP contribution in [0.1, 0.15) is 13.3 Å². The summed E-state index contributed by atoms with van der Waals surface area (Å²) in [6.07, 6.45) is 4.37. The molecule has 4 nitrogen and oxygen atoms in total. The number of imidazole rings is 1. The molecule has 0 aliphatic rings. The fourth-order valence-corrected chi connectivity index (χ4v) is 0.991. The van der Waals surface area contributed by atoms with Crippen LogP contribution in [-0.4, -0.2) is 27.3 Å². The predicted octanol–water partition coefficient (Wildman–Crippen LogP) is 0.603. The Morgan fingerprint density at radius 3 is 3.00 bits per heavy atom. The summed E-state index contributed by atoms with van der Waals surface area (Å²) in [4.78, 5) is 4.11. The first kappa shape index (κ1) is 9.06. The smallest absolute Gasteiger partial charge is 0.202 e. The van der Waals surface area contributed by atoms with Crippen LogP contribution in [0.2, 0.25) is 0 Å². The van der Waals surface area contributed by atoms with Gasteiger partial charge in [-0.05, 0) is 13.3 Å². The van der Waals surface area contributed by atoms with Crippen LogP contribution in [0, 0.1) is 0 Å². The van der Waals surface area contributed by atoms with Crippen molar-refractivity contribution in [2.45, 2.75) is 19.4 Å². The molecular formula is C8H15N3O. The van der Waals surface area contributed by atoms with E-state index < -0.39 is 0 Å². The number of aryl methyl sites for hydroxylation is 1. The van der Waals surface area contributed by atoms with Crippen LogP contribution >= 0.6 is 0 Å². The fourth-order valence-electron chi connectivity index (χ4n) is 0.991. The summed E-state index contributed by atoms with van der Waals surface area (Å²) >= 11 is 0. The normalized spacial score (nSPS) is 12.9. The second-order valence-electron chi connectivity index (χ2n) is 2.92. The topological polar surface area (TPSA) is 50.1 Å². The van der Waals surface area contributed by atoms with Crippen LogP contribution in [0.3, 0.4) is 0 Å². The molecule has 1 rings (SSSR count). The third-order valence-corrected chi connectivity index (χ3v) is 1.76. The summed E-state index contributed by atoms with van der Waals surface area (Å²) in [7, 11) is 1.93. The van der Waals surface area contributed by atoms with Crippen molar-refractivity contribution >= 4 is 5.95 Å². The van der Waals surface area contributed by atoms with Crippen LogP contribution in [-0.2, 0) is 7.05 Å². The number of rotatable bonds is 4. The maximum Gasteiger partial charge on any atom is 0.202 e. The Balaban J connectivity index is 2.46. The Labute approximate surface area is 72.2 Å². The molecule has 1 aromatic heterocycles. The zero-order valence-corrected chi connectivity index (χ0v) is 7.49. The maximum atomic E-state index is 8.67. The monoisotopic (exact) mass is 169 g/mol. The van der Waals surface area contributed by atoms with Gasteiger partial charge in [0.2, 0.25) is 5.95 Å². The van der Waals surface area contributed by atoms with Gasteiger partial charge in [-0.1, -0.05) is 0 Å². The van der Waals surface area contributed by atoms with Gasteiger partial charge in [-0.25, -0.2) is 4.98 Å². The molecule has 0 aliphatic carbocycles. The minimum absolute atomic E-state index is 0.207. The molecule has 0 saturated heterocycles. The lowest BCUT2D eigenvalue weighted by molar-refractivity contribution is 0.282. The molecule has 0 fully saturated rings. The molecule has 12 heavy (non-hydrogen) atoms. The van der Waals surface area contributed by atoms with Crippen LogP contribution < -0.4 is 5.32 Å². The molecule has 68 valence electrons. The first-order valence-electron chi connectivity index (χ1n) is 4.08. The Kier molecular flexibility index (Phi) is 3.10. The summed E-state index contributed by atoms with van der Waals surface area (Å²) in [5, 5.41) is 11.9. The summed E-state index contributed by atoms with van der Waals surface area (Å²) < 4.78 is 1.91. The second kappa shape index (κ2) is 4.11. The van der Waals surface area contributed by atoms with Gasteiger partial charge < -0.3 is 15.0 Å². The number of anilines is 1. The zero-order chi connectivity index (χ0) is 8.97. The van der Waals surface area contributed by atoms with Gasteiger partial charge in [-0.3, -0.25) is 0 Å². The quantitative estimate of drug-likeness (QED) is 0.694. The average Bonchev–Trinajstić information content (AvgIpc) is 2.37. The van der Waals surface area contributed by atoms with Crippen LogP contribution in [0.15, 0.2) is 12.4 Å². The number of aliphatic hydroxyl groups is 1. The van der Waals surface area contributed by atoms with Gasteiger partial charge in [-0.2, -0.15) is 0 Å². The third kappa shape index (κ3) is 2.23. The van der Waals surface area contributed by atoms with Crippen LogP contribution in [0.4, 0.5) is 5.95 Å². The Bertz CT molecular complexity index is 234. The second-order valence-corrected chi connectivity index (χ2v) is 2.92. The molecule has 0 radical (unpaired) electrons. The molecule has 0 spiro atoms. The van der Waals surface area contributed by atoms with E-state index in [1.807, 2.05) is 24.7 Å². The van der Waals surface area contributed by atoms with Crippen molar-refractivity contribution < 1.29 is 5.11 Å². The summed E-state index contributed by atoms with van der Waals surface area (Å²) in [6, 6.07) is 0.260. The van der Waals surface area contributed by atoms with Crippen molar-refractivity contribution in [3.63, 3.8) is 0 Å². The Morgan fingerprint density at radius 2 is 2.50 bits per heavy atom. The van der Waals surface area contributed by atoms with E-state index in [-0.39, 0.29) is 12.6 Å². The lowest BCUT2D eigenvalue weighted by Gasteiger charge is -2.12. The molecule has 0 bridgehead atoms. The minimum atomic E-state index is 0.207. The predicted molar refractivity (Wildman–Crippen MR) is 48.0 cm³/mol.